The number of thiazole rings is 1. The molecule has 1 aliphatic rings. The van der Waals surface area contributed by atoms with Gasteiger partial charge in [0.2, 0.25) is 11.8 Å². The molecule has 2 aromatic rings. The van der Waals surface area contributed by atoms with Crippen LogP contribution < -0.4 is 5.32 Å². The normalized spacial score (nSPS) is 14.3. The molecule has 23 heavy (non-hydrogen) atoms. The number of nitrogens with one attached hydrogen (secondary N) is 1. The van der Waals surface area contributed by atoms with Gasteiger partial charge in [-0.3, -0.25) is 14.6 Å². The summed E-state index contributed by atoms with van der Waals surface area (Å²) in [6.07, 6.45) is 2.42. The molecule has 1 saturated heterocycles. The Morgan fingerprint density at radius 2 is 2.26 bits per heavy atom. The van der Waals surface area contributed by atoms with Gasteiger partial charge < -0.3 is 10.2 Å². The van der Waals surface area contributed by atoms with Gasteiger partial charge >= 0.3 is 0 Å². The molecule has 2 aromatic heterocycles. The van der Waals surface area contributed by atoms with Crippen LogP contribution in [-0.2, 0) is 16.0 Å². The number of hydrogen-bond donors (Lipinski definition) is 1. The molecule has 8 heteroatoms. The van der Waals surface area contributed by atoms with Crippen LogP contribution in [0, 0.1) is 0 Å². The molecule has 3 rings (SSSR count). The van der Waals surface area contributed by atoms with E-state index in [0.717, 1.165) is 16.4 Å². The molecular formula is C15H16N4O2S2. The lowest BCUT2D eigenvalue weighted by molar-refractivity contribution is -0.132. The Kier molecular flexibility index (Phi) is 5.24. The van der Waals surface area contributed by atoms with E-state index in [-0.39, 0.29) is 18.4 Å². The fourth-order valence-corrected chi connectivity index (χ4v) is 3.83. The van der Waals surface area contributed by atoms with Crippen LogP contribution in [0.15, 0.2) is 29.8 Å². The van der Waals surface area contributed by atoms with E-state index in [0.29, 0.717) is 24.6 Å². The molecule has 0 atom stereocenters. The molecule has 2 amide bonds. The van der Waals surface area contributed by atoms with E-state index in [4.69, 9.17) is 0 Å². The number of rotatable bonds is 6. The Morgan fingerprint density at radius 1 is 1.35 bits per heavy atom. The third-order valence-electron chi connectivity index (χ3n) is 3.30. The summed E-state index contributed by atoms with van der Waals surface area (Å²) in [5.74, 6) is 0.988. The minimum Gasteiger partial charge on any atom is -0.354 e. The highest BCUT2D eigenvalue weighted by Gasteiger charge is 2.22. The first kappa shape index (κ1) is 15.9. The van der Waals surface area contributed by atoms with Crippen LogP contribution in [0.2, 0.25) is 0 Å². The summed E-state index contributed by atoms with van der Waals surface area (Å²) in [7, 11) is 0. The minimum absolute atomic E-state index is 0.0325. The van der Waals surface area contributed by atoms with Crippen molar-refractivity contribution in [3.05, 3.63) is 34.8 Å². The van der Waals surface area contributed by atoms with Crippen molar-refractivity contribution in [2.24, 2.45) is 0 Å². The number of nitrogens with zero attached hydrogens (tertiary/aromatic N) is 3. The molecule has 3 heterocycles. The van der Waals surface area contributed by atoms with Crippen molar-refractivity contribution < 1.29 is 9.59 Å². The zero-order valence-electron chi connectivity index (χ0n) is 12.4. The lowest BCUT2D eigenvalue weighted by Gasteiger charge is -2.13. The van der Waals surface area contributed by atoms with Crippen molar-refractivity contribution in [1.82, 2.24) is 20.2 Å². The van der Waals surface area contributed by atoms with Gasteiger partial charge in [0.05, 0.1) is 28.0 Å². The van der Waals surface area contributed by atoms with Crippen molar-refractivity contribution in [3.63, 3.8) is 0 Å². The molecular weight excluding hydrogens is 332 g/mol. The fraction of sp³-hybridized carbons (Fsp3) is 0.333. The first-order valence-corrected chi connectivity index (χ1v) is 9.24. The highest BCUT2D eigenvalue weighted by Crippen LogP contribution is 2.19. The molecule has 0 saturated carbocycles. The Balaban J connectivity index is 1.45. The van der Waals surface area contributed by atoms with E-state index in [1.165, 1.54) is 11.8 Å². The van der Waals surface area contributed by atoms with Crippen molar-refractivity contribution >= 4 is 34.9 Å². The number of thioether (sulfide) groups is 1. The van der Waals surface area contributed by atoms with Crippen molar-refractivity contribution in [2.75, 3.05) is 24.7 Å². The van der Waals surface area contributed by atoms with Crippen molar-refractivity contribution in [3.8, 4) is 11.4 Å². The SMILES string of the molecule is O=C(CN1CSCC1=O)NCCc1nc(-c2ccccn2)cs1. The standard InChI is InChI=1S/C15H16N4O2S2/c20-13(7-19-10-22-9-15(19)21)17-6-4-14-18-12(8-23-14)11-3-1-2-5-16-11/h1-3,5,8H,4,6-7,9-10H2,(H,17,20). The summed E-state index contributed by atoms with van der Waals surface area (Å²) < 4.78 is 0. The maximum Gasteiger partial charge on any atom is 0.239 e. The van der Waals surface area contributed by atoms with Gasteiger partial charge in [-0.2, -0.15) is 0 Å². The van der Waals surface area contributed by atoms with Gasteiger partial charge in [-0.25, -0.2) is 4.98 Å². The van der Waals surface area contributed by atoms with Gasteiger partial charge in [0.25, 0.3) is 0 Å². The average molecular weight is 348 g/mol. The Bertz CT molecular complexity index is 690. The van der Waals surface area contributed by atoms with Crippen LogP contribution in [0.1, 0.15) is 5.01 Å². The predicted octanol–water partition coefficient (Wildman–Crippen LogP) is 1.40. The third-order valence-corrected chi connectivity index (χ3v) is 5.15. The summed E-state index contributed by atoms with van der Waals surface area (Å²) >= 11 is 3.09. The zero-order chi connectivity index (χ0) is 16.1. The van der Waals surface area contributed by atoms with Gasteiger partial charge in [-0.15, -0.1) is 23.1 Å². The monoisotopic (exact) mass is 348 g/mol. The van der Waals surface area contributed by atoms with Gasteiger partial charge in [0.1, 0.15) is 6.54 Å². The summed E-state index contributed by atoms with van der Waals surface area (Å²) in [5.41, 5.74) is 1.71. The number of pyridine rings is 1. The van der Waals surface area contributed by atoms with Crippen LogP contribution in [-0.4, -0.2) is 51.4 Å². The number of hydrogen-bond acceptors (Lipinski definition) is 6. The second-order valence-corrected chi connectivity index (χ2v) is 6.91. The second kappa shape index (κ2) is 7.56. The van der Waals surface area contributed by atoms with Gasteiger partial charge in [0.15, 0.2) is 0 Å². The molecule has 1 fully saturated rings. The highest BCUT2D eigenvalue weighted by molar-refractivity contribution is 8.00. The van der Waals surface area contributed by atoms with E-state index >= 15 is 0 Å². The maximum absolute atomic E-state index is 11.8. The van der Waals surface area contributed by atoms with Gasteiger partial charge in [0, 0.05) is 24.5 Å². The van der Waals surface area contributed by atoms with E-state index in [1.807, 2.05) is 23.6 Å². The van der Waals surface area contributed by atoms with Crippen molar-refractivity contribution in [2.45, 2.75) is 6.42 Å². The second-order valence-electron chi connectivity index (χ2n) is 5.01. The Hall–Kier alpha value is -1.93. The fourth-order valence-electron chi connectivity index (χ4n) is 2.14. The van der Waals surface area contributed by atoms with Crippen LogP contribution >= 0.6 is 23.1 Å². The van der Waals surface area contributed by atoms with Crippen LogP contribution in [0.5, 0.6) is 0 Å². The van der Waals surface area contributed by atoms with E-state index in [9.17, 15) is 9.59 Å². The third kappa shape index (κ3) is 4.29. The van der Waals surface area contributed by atoms with E-state index in [1.54, 1.807) is 22.4 Å². The summed E-state index contributed by atoms with van der Waals surface area (Å²) in [6, 6.07) is 5.72. The Morgan fingerprint density at radius 3 is 3.00 bits per heavy atom. The molecule has 0 spiro atoms. The zero-order valence-corrected chi connectivity index (χ0v) is 14.0. The molecule has 0 unspecified atom stereocenters. The smallest absolute Gasteiger partial charge is 0.239 e. The largest absolute Gasteiger partial charge is 0.354 e. The summed E-state index contributed by atoms with van der Waals surface area (Å²) in [5, 5.41) is 5.77. The quantitative estimate of drug-likeness (QED) is 0.854. The lowest BCUT2D eigenvalue weighted by Crippen LogP contribution is -2.38. The number of carbonyl (C=O) groups excluding carboxylic acids is 2. The number of carbonyl (C=O) groups is 2. The number of aromatic nitrogens is 2. The first-order valence-electron chi connectivity index (χ1n) is 7.20. The Labute approximate surface area is 142 Å². The van der Waals surface area contributed by atoms with Crippen LogP contribution in [0.4, 0.5) is 0 Å². The number of amides is 2. The minimum atomic E-state index is -0.123. The lowest BCUT2D eigenvalue weighted by atomic mass is 10.3. The summed E-state index contributed by atoms with van der Waals surface area (Å²) in [4.78, 5) is 33.6. The van der Waals surface area contributed by atoms with E-state index in [2.05, 4.69) is 15.3 Å². The molecule has 120 valence electrons. The summed E-state index contributed by atoms with van der Waals surface area (Å²) in [6.45, 7) is 0.659. The molecule has 1 aliphatic heterocycles. The van der Waals surface area contributed by atoms with Gasteiger partial charge in [-0.1, -0.05) is 6.07 Å². The topological polar surface area (TPSA) is 75.2 Å². The molecule has 0 aromatic carbocycles. The van der Waals surface area contributed by atoms with Crippen LogP contribution in [0.25, 0.3) is 11.4 Å². The predicted molar refractivity (Wildman–Crippen MR) is 91.1 cm³/mol. The van der Waals surface area contributed by atoms with E-state index < -0.39 is 0 Å². The average Bonchev–Trinajstić information content (AvgIpc) is 3.18. The molecule has 6 nitrogen and oxygen atoms in total. The highest BCUT2D eigenvalue weighted by atomic mass is 32.2. The molecule has 0 aliphatic carbocycles. The van der Waals surface area contributed by atoms with Crippen molar-refractivity contribution in [1.29, 1.82) is 0 Å². The maximum atomic E-state index is 11.8. The first-order chi connectivity index (χ1) is 11.2. The van der Waals surface area contributed by atoms with Gasteiger partial charge in [-0.05, 0) is 12.1 Å². The molecule has 1 N–H and O–H groups in total. The molecule has 0 radical (unpaired) electrons. The van der Waals surface area contributed by atoms with Crippen LogP contribution in [0.3, 0.4) is 0 Å². The molecule has 0 bridgehead atoms.